The number of fused-ring (bicyclic) bond motifs is 1. The Kier molecular flexibility index (Phi) is 3.79. The average molecular weight is 292 g/mol. The molecule has 0 bridgehead atoms. The highest BCUT2D eigenvalue weighted by atomic mass is 35.5. The zero-order valence-electron chi connectivity index (χ0n) is 11.0. The number of ether oxygens (including phenoxy) is 1. The van der Waals surface area contributed by atoms with Crippen LogP contribution < -0.4 is 10.1 Å². The predicted octanol–water partition coefficient (Wildman–Crippen LogP) is 4.07. The van der Waals surface area contributed by atoms with Crippen LogP contribution in [0.1, 0.15) is 11.1 Å². The maximum absolute atomic E-state index is 13.6. The molecule has 0 unspecified atom stereocenters. The number of rotatable bonds is 4. The summed E-state index contributed by atoms with van der Waals surface area (Å²) < 4.78 is 19.1. The number of halogens is 2. The highest BCUT2D eigenvalue weighted by molar-refractivity contribution is 6.33. The molecule has 1 aliphatic heterocycles. The quantitative estimate of drug-likeness (QED) is 0.917. The molecule has 20 heavy (non-hydrogen) atoms. The van der Waals surface area contributed by atoms with Crippen molar-refractivity contribution in [3.05, 3.63) is 58.4 Å². The van der Waals surface area contributed by atoms with Gasteiger partial charge in [0.15, 0.2) is 0 Å². The Hall–Kier alpha value is -1.74. The number of hydrogen-bond acceptors (Lipinski definition) is 2. The second kappa shape index (κ2) is 5.71. The molecule has 0 radical (unpaired) electrons. The van der Waals surface area contributed by atoms with Crippen molar-refractivity contribution in [3.63, 3.8) is 0 Å². The lowest BCUT2D eigenvalue weighted by atomic mass is 10.1. The third kappa shape index (κ3) is 2.73. The van der Waals surface area contributed by atoms with Gasteiger partial charge < -0.3 is 10.1 Å². The van der Waals surface area contributed by atoms with E-state index < -0.39 is 0 Å². The van der Waals surface area contributed by atoms with Crippen molar-refractivity contribution in [3.8, 4) is 5.75 Å². The van der Waals surface area contributed by atoms with E-state index >= 15 is 0 Å². The molecular weight excluding hydrogens is 277 g/mol. The molecule has 4 heteroatoms. The van der Waals surface area contributed by atoms with E-state index in [1.54, 1.807) is 12.1 Å². The topological polar surface area (TPSA) is 21.3 Å². The van der Waals surface area contributed by atoms with E-state index in [1.807, 2.05) is 6.07 Å². The second-order valence-electron chi connectivity index (χ2n) is 4.81. The Morgan fingerprint density at radius 1 is 1.25 bits per heavy atom. The fraction of sp³-hybridized carbons (Fsp3) is 0.250. The second-order valence-corrected chi connectivity index (χ2v) is 5.22. The van der Waals surface area contributed by atoms with Gasteiger partial charge in [0.25, 0.3) is 0 Å². The summed E-state index contributed by atoms with van der Waals surface area (Å²) in [6.07, 6.45) is 1.79. The van der Waals surface area contributed by atoms with Crippen LogP contribution in [0.25, 0.3) is 0 Å². The first-order valence-electron chi connectivity index (χ1n) is 6.66. The molecule has 2 aromatic carbocycles. The summed E-state index contributed by atoms with van der Waals surface area (Å²) >= 11 is 5.97. The standard InChI is InChI=1S/C16H15ClFNO/c17-13-2-1-3-14(18)16(13)19-8-6-11-4-5-15-12(10-11)7-9-20-15/h1-5,10,19H,6-9H2. The van der Waals surface area contributed by atoms with Crippen LogP contribution in [0.2, 0.25) is 5.02 Å². The van der Waals surface area contributed by atoms with Gasteiger partial charge in [0.05, 0.1) is 17.3 Å². The molecule has 104 valence electrons. The fourth-order valence-electron chi connectivity index (χ4n) is 2.39. The minimum Gasteiger partial charge on any atom is -0.493 e. The van der Waals surface area contributed by atoms with Crippen LogP contribution in [-0.2, 0) is 12.8 Å². The fourth-order valence-corrected chi connectivity index (χ4v) is 2.62. The van der Waals surface area contributed by atoms with Crippen molar-refractivity contribution in [2.45, 2.75) is 12.8 Å². The molecule has 3 rings (SSSR count). The normalized spacial score (nSPS) is 12.9. The van der Waals surface area contributed by atoms with E-state index in [9.17, 15) is 4.39 Å². The monoisotopic (exact) mass is 291 g/mol. The number of nitrogens with one attached hydrogen (secondary N) is 1. The summed E-state index contributed by atoms with van der Waals surface area (Å²) in [6, 6.07) is 10.9. The number of benzene rings is 2. The molecule has 1 heterocycles. The van der Waals surface area contributed by atoms with Crippen molar-refractivity contribution in [1.82, 2.24) is 0 Å². The summed E-state index contributed by atoms with van der Waals surface area (Å²) in [4.78, 5) is 0. The lowest BCUT2D eigenvalue weighted by molar-refractivity contribution is 0.357. The smallest absolute Gasteiger partial charge is 0.147 e. The van der Waals surface area contributed by atoms with Crippen molar-refractivity contribution < 1.29 is 9.13 Å². The van der Waals surface area contributed by atoms with Crippen LogP contribution in [0.3, 0.4) is 0 Å². The van der Waals surface area contributed by atoms with Crippen LogP contribution in [0.15, 0.2) is 36.4 Å². The van der Waals surface area contributed by atoms with Gasteiger partial charge in [-0.2, -0.15) is 0 Å². The summed E-state index contributed by atoms with van der Waals surface area (Å²) in [5.41, 5.74) is 2.85. The largest absolute Gasteiger partial charge is 0.493 e. The van der Waals surface area contributed by atoms with Crippen LogP contribution in [0.4, 0.5) is 10.1 Å². The highest BCUT2D eigenvalue weighted by Gasteiger charge is 2.12. The van der Waals surface area contributed by atoms with Gasteiger partial charge in [-0.05, 0) is 35.7 Å². The van der Waals surface area contributed by atoms with E-state index in [4.69, 9.17) is 16.3 Å². The summed E-state index contributed by atoms with van der Waals surface area (Å²) in [5.74, 6) is 0.665. The molecule has 2 aromatic rings. The molecule has 0 amide bonds. The van der Waals surface area contributed by atoms with Crippen molar-refractivity contribution in [2.75, 3.05) is 18.5 Å². The summed E-state index contributed by atoms with van der Waals surface area (Å²) in [7, 11) is 0. The number of para-hydroxylation sites is 1. The number of anilines is 1. The molecule has 0 aliphatic carbocycles. The maximum Gasteiger partial charge on any atom is 0.147 e. The lowest BCUT2D eigenvalue weighted by Gasteiger charge is -2.10. The van der Waals surface area contributed by atoms with Gasteiger partial charge in [-0.25, -0.2) is 4.39 Å². The van der Waals surface area contributed by atoms with Gasteiger partial charge in [0.2, 0.25) is 0 Å². The zero-order valence-corrected chi connectivity index (χ0v) is 11.7. The van der Waals surface area contributed by atoms with Gasteiger partial charge in [0.1, 0.15) is 11.6 Å². The van der Waals surface area contributed by atoms with Crippen molar-refractivity contribution in [1.29, 1.82) is 0 Å². The van der Waals surface area contributed by atoms with Crippen LogP contribution >= 0.6 is 11.6 Å². The Bertz CT molecular complexity index is 610. The third-order valence-electron chi connectivity index (χ3n) is 3.43. The van der Waals surface area contributed by atoms with E-state index in [0.29, 0.717) is 17.3 Å². The first-order chi connectivity index (χ1) is 9.74. The molecule has 0 fully saturated rings. The van der Waals surface area contributed by atoms with Crippen LogP contribution in [0.5, 0.6) is 5.75 Å². The molecule has 0 saturated carbocycles. The van der Waals surface area contributed by atoms with Crippen LogP contribution in [-0.4, -0.2) is 13.2 Å². The molecule has 0 aromatic heterocycles. The molecule has 0 spiro atoms. The minimum absolute atomic E-state index is 0.320. The molecule has 0 saturated heterocycles. The summed E-state index contributed by atoms with van der Waals surface area (Å²) in [6.45, 7) is 1.40. The van der Waals surface area contributed by atoms with E-state index in [2.05, 4.69) is 17.4 Å². The first kappa shape index (κ1) is 13.3. The summed E-state index contributed by atoms with van der Waals surface area (Å²) in [5, 5.41) is 3.47. The molecular formula is C16H15ClFNO. The molecule has 1 N–H and O–H groups in total. The number of hydrogen-bond donors (Lipinski definition) is 1. The Balaban J connectivity index is 1.63. The van der Waals surface area contributed by atoms with Gasteiger partial charge in [0, 0.05) is 13.0 Å². The SMILES string of the molecule is Fc1cccc(Cl)c1NCCc1ccc2c(c1)CCO2. The molecule has 2 nitrogen and oxygen atoms in total. The first-order valence-corrected chi connectivity index (χ1v) is 7.04. The molecule has 0 atom stereocenters. The Morgan fingerprint density at radius 3 is 3.00 bits per heavy atom. The van der Waals surface area contributed by atoms with Gasteiger partial charge in [-0.15, -0.1) is 0 Å². The average Bonchev–Trinajstić information content (AvgIpc) is 2.89. The lowest BCUT2D eigenvalue weighted by Crippen LogP contribution is -2.07. The Labute approximate surface area is 122 Å². The highest BCUT2D eigenvalue weighted by Crippen LogP contribution is 2.27. The van der Waals surface area contributed by atoms with E-state index in [1.165, 1.54) is 17.2 Å². The Morgan fingerprint density at radius 2 is 2.15 bits per heavy atom. The zero-order chi connectivity index (χ0) is 13.9. The van der Waals surface area contributed by atoms with Crippen molar-refractivity contribution >= 4 is 17.3 Å². The van der Waals surface area contributed by atoms with E-state index in [-0.39, 0.29) is 5.82 Å². The minimum atomic E-state index is -0.320. The molecule has 1 aliphatic rings. The predicted molar refractivity (Wildman–Crippen MR) is 79.2 cm³/mol. The van der Waals surface area contributed by atoms with Crippen molar-refractivity contribution in [2.24, 2.45) is 0 Å². The maximum atomic E-state index is 13.6. The van der Waals surface area contributed by atoms with Gasteiger partial charge >= 0.3 is 0 Å². The van der Waals surface area contributed by atoms with E-state index in [0.717, 1.165) is 25.2 Å². The third-order valence-corrected chi connectivity index (χ3v) is 3.75. The van der Waals surface area contributed by atoms with Gasteiger partial charge in [-0.1, -0.05) is 29.8 Å². The van der Waals surface area contributed by atoms with Gasteiger partial charge in [-0.3, -0.25) is 0 Å². The van der Waals surface area contributed by atoms with Crippen LogP contribution in [0, 0.1) is 5.82 Å².